The number of methoxy groups -OCH3 is 3. The molecule has 1 fully saturated rings. The number of carbonyl (C=O) groups is 1. The first kappa shape index (κ1) is 11.8. The number of esters is 1. The second kappa shape index (κ2) is 4.65. The lowest BCUT2D eigenvalue weighted by Gasteiger charge is -2.09. The lowest BCUT2D eigenvalue weighted by atomic mass is 10.1. The molecule has 0 radical (unpaired) electrons. The average molecular weight is 236 g/mol. The van der Waals surface area contributed by atoms with E-state index in [4.69, 9.17) is 14.2 Å². The minimum atomic E-state index is -0.145. The van der Waals surface area contributed by atoms with Crippen LogP contribution in [0.3, 0.4) is 0 Å². The molecule has 2 rings (SSSR count). The molecule has 0 saturated heterocycles. The van der Waals surface area contributed by atoms with Crippen molar-refractivity contribution in [2.24, 2.45) is 5.92 Å². The summed E-state index contributed by atoms with van der Waals surface area (Å²) in [7, 11) is 4.65. The predicted octanol–water partition coefficient (Wildman–Crippen LogP) is 1.98. The molecule has 0 aliphatic heterocycles. The van der Waals surface area contributed by atoms with Crippen molar-refractivity contribution < 1.29 is 19.0 Å². The van der Waals surface area contributed by atoms with E-state index in [1.807, 2.05) is 18.2 Å². The molecule has 0 N–H and O–H groups in total. The van der Waals surface area contributed by atoms with Crippen LogP contribution in [0.25, 0.3) is 0 Å². The molecule has 4 nitrogen and oxygen atoms in total. The highest BCUT2D eigenvalue weighted by atomic mass is 16.5. The molecule has 17 heavy (non-hydrogen) atoms. The molecule has 92 valence electrons. The number of carbonyl (C=O) groups excluding carboxylic acids is 1. The first-order valence-corrected chi connectivity index (χ1v) is 5.51. The van der Waals surface area contributed by atoms with Gasteiger partial charge in [0.1, 0.15) is 11.5 Å². The fraction of sp³-hybridized carbons (Fsp3) is 0.462. The van der Waals surface area contributed by atoms with Gasteiger partial charge in [-0.25, -0.2) is 0 Å². The zero-order valence-corrected chi connectivity index (χ0v) is 10.2. The molecule has 1 aromatic rings. The first-order chi connectivity index (χ1) is 8.21. The van der Waals surface area contributed by atoms with Gasteiger partial charge in [-0.1, -0.05) is 6.07 Å². The Morgan fingerprint density at radius 1 is 1.24 bits per heavy atom. The monoisotopic (exact) mass is 236 g/mol. The molecule has 1 aliphatic carbocycles. The number of hydrogen-bond donors (Lipinski definition) is 0. The van der Waals surface area contributed by atoms with Crippen LogP contribution in [0.15, 0.2) is 18.2 Å². The molecule has 0 heterocycles. The molecule has 4 heteroatoms. The maximum Gasteiger partial charge on any atom is 0.309 e. The van der Waals surface area contributed by atoms with Gasteiger partial charge in [0.2, 0.25) is 0 Å². The Kier molecular flexibility index (Phi) is 3.22. The largest absolute Gasteiger partial charge is 0.497 e. The molecule has 0 spiro atoms. The van der Waals surface area contributed by atoms with Crippen molar-refractivity contribution in [3.8, 4) is 11.5 Å². The summed E-state index contributed by atoms with van der Waals surface area (Å²) in [6.07, 6.45) is 0.829. The third-order valence-corrected chi connectivity index (χ3v) is 3.13. The van der Waals surface area contributed by atoms with Gasteiger partial charge < -0.3 is 14.2 Å². The van der Waals surface area contributed by atoms with Crippen LogP contribution in [-0.4, -0.2) is 27.3 Å². The number of ether oxygens (including phenoxy) is 3. The average Bonchev–Trinajstić information content (AvgIpc) is 3.17. The summed E-state index contributed by atoms with van der Waals surface area (Å²) in [5.74, 6) is 1.56. The normalized spacial score (nSPS) is 21.8. The molecule has 2 unspecified atom stereocenters. The van der Waals surface area contributed by atoms with Crippen molar-refractivity contribution in [1.82, 2.24) is 0 Å². The van der Waals surface area contributed by atoms with Crippen LogP contribution in [0.1, 0.15) is 17.9 Å². The van der Waals surface area contributed by atoms with Crippen LogP contribution in [0.2, 0.25) is 0 Å². The van der Waals surface area contributed by atoms with Crippen LogP contribution >= 0.6 is 0 Å². The Labute approximate surface area is 100 Å². The maximum atomic E-state index is 11.4. The third-order valence-electron chi connectivity index (χ3n) is 3.13. The van der Waals surface area contributed by atoms with Gasteiger partial charge in [-0.3, -0.25) is 4.79 Å². The topological polar surface area (TPSA) is 44.8 Å². The summed E-state index contributed by atoms with van der Waals surface area (Å²) in [6, 6.07) is 5.66. The van der Waals surface area contributed by atoms with E-state index in [0.717, 1.165) is 23.5 Å². The van der Waals surface area contributed by atoms with Gasteiger partial charge in [-0.15, -0.1) is 0 Å². The zero-order chi connectivity index (χ0) is 12.4. The van der Waals surface area contributed by atoms with Gasteiger partial charge in [0, 0.05) is 12.0 Å². The highest BCUT2D eigenvalue weighted by Gasteiger charge is 2.46. The van der Waals surface area contributed by atoms with E-state index >= 15 is 0 Å². The molecule has 0 bridgehead atoms. The fourth-order valence-corrected chi connectivity index (χ4v) is 2.08. The first-order valence-electron chi connectivity index (χ1n) is 5.51. The second-order valence-electron chi connectivity index (χ2n) is 4.08. The van der Waals surface area contributed by atoms with Gasteiger partial charge in [0.05, 0.1) is 27.2 Å². The quantitative estimate of drug-likeness (QED) is 0.750. The smallest absolute Gasteiger partial charge is 0.309 e. The Balaban J connectivity index is 2.20. The van der Waals surface area contributed by atoms with Crippen LogP contribution in [0.4, 0.5) is 0 Å². The summed E-state index contributed by atoms with van der Waals surface area (Å²) in [4.78, 5) is 11.4. The molecule has 0 aromatic heterocycles. The van der Waals surface area contributed by atoms with Crippen molar-refractivity contribution in [3.05, 3.63) is 23.8 Å². The van der Waals surface area contributed by atoms with Gasteiger partial charge >= 0.3 is 5.97 Å². The zero-order valence-electron chi connectivity index (χ0n) is 10.2. The lowest BCUT2D eigenvalue weighted by Crippen LogP contribution is -2.04. The number of rotatable bonds is 4. The van der Waals surface area contributed by atoms with Gasteiger partial charge in [-0.05, 0) is 18.1 Å². The van der Waals surface area contributed by atoms with Crippen LogP contribution < -0.4 is 9.47 Å². The summed E-state index contributed by atoms with van der Waals surface area (Å²) in [5, 5.41) is 0. The summed E-state index contributed by atoms with van der Waals surface area (Å²) < 4.78 is 15.2. The van der Waals surface area contributed by atoms with Crippen LogP contribution in [0.5, 0.6) is 11.5 Å². The van der Waals surface area contributed by atoms with Crippen molar-refractivity contribution in [2.45, 2.75) is 12.3 Å². The minimum absolute atomic E-state index is 0.0257. The Morgan fingerprint density at radius 3 is 2.59 bits per heavy atom. The third kappa shape index (κ3) is 2.20. The maximum absolute atomic E-state index is 11.4. The highest BCUT2D eigenvalue weighted by molar-refractivity contribution is 5.77. The second-order valence-corrected chi connectivity index (χ2v) is 4.08. The molecule has 0 amide bonds. The van der Waals surface area contributed by atoms with E-state index in [0.29, 0.717) is 0 Å². The van der Waals surface area contributed by atoms with E-state index in [-0.39, 0.29) is 17.8 Å². The fourth-order valence-electron chi connectivity index (χ4n) is 2.08. The SMILES string of the molecule is COC(=O)C1CC1c1ccc(OC)cc1OC. The van der Waals surface area contributed by atoms with Gasteiger partial charge in [0.25, 0.3) is 0 Å². The summed E-state index contributed by atoms with van der Waals surface area (Å²) in [6.45, 7) is 0. The van der Waals surface area contributed by atoms with Crippen molar-refractivity contribution >= 4 is 5.97 Å². The highest BCUT2D eigenvalue weighted by Crippen LogP contribution is 2.51. The molecule has 2 atom stereocenters. The van der Waals surface area contributed by atoms with Crippen molar-refractivity contribution in [2.75, 3.05) is 21.3 Å². The Bertz CT molecular complexity index is 427. The van der Waals surface area contributed by atoms with Crippen LogP contribution in [-0.2, 0) is 9.53 Å². The minimum Gasteiger partial charge on any atom is -0.497 e. The van der Waals surface area contributed by atoms with E-state index in [9.17, 15) is 4.79 Å². The molecule has 1 saturated carbocycles. The van der Waals surface area contributed by atoms with Crippen molar-refractivity contribution in [1.29, 1.82) is 0 Å². The van der Waals surface area contributed by atoms with Crippen molar-refractivity contribution in [3.63, 3.8) is 0 Å². The number of benzene rings is 1. The van der Waals surface area contributed by atoms with Crippen LogP contribution in [0, 0.1) is 5.92 Å². The molecular weight excluding hydrogens is 220 g/mol. The van der Waals surface area contributed by atoms with E-state index in [2.05, 4.69) is 0 Å². The van der Waals surface area contributed by atoms with E-state index < -0.39 is 0 Å². The van der Waals surface area contributed by atoms with Gasteiger partial charge in [0.15, 0.2) is 0 Å². The lowest BCUT2D eigenvalue weighted by molar-refractivity contribution is -0.142. The summed E-state index contributed by atoms with van der Waals surface area (Å²) >= 11 is 0. The number of hydrogen-bond acceptors (Lipinski definition) is 4. The standard InChI is InChI=1S/C13H16O4/c1-15-8-4-5-9(12(6-8)16-2)10-7-11(10)13(14)17-3/h4-6,10-11H,7H2,1-3H3. The molecule has 1 aliphatic rings. The summed E-state index contributed by atoms with van der Waals surface area (Å²) in [5.41, 5.74) is 1.05. The van der Waals surface area contributed by atoms with Gasteiger partial charge in [-0.2, -0.15) is 0 Å². The Morgan fingerprint density at radius 2 is 2.00 bits per heavy atom. The van der Waals surface area contributed by atoms with E-state index in [1.54, 1.807) is 14.2 Å². The predicted molar refractivity (Wildman–Crippen MR) is 62.4 cm³/mol. The van der Waals surface area contributed by atoms with E-state index in [1.165, 1.54) is 7.11 Å². The molecular formula is C13H16O4. The Hall–Kier alpha value is -1.71. The molecule has 1 aromatic carbocycles.